The Morgan fingerprint density at radius 1 is 1.09 bits per heavy atom. The van der Waals surface area contributed by atoms with Crippen molar-refractivity contribution in [2.75, 3.05) is 20.3 Å². The van der Waals surface area contributed by atoms with Crippen LogP contribution in [-0.4, -0.2) is 30.9 Å². The van der Waals surface area contributed by atoms with Crippen molar-refractivity contribution in [3.8, 4) is 22.8 Å². The number of hydrogen-bond acceptors (Lipinski definition) is 8. The number of allylic oxidation sites excluding steroid dienone is 1. The number of hydrogen-bond donors (Lipinski definition) is 0. The van der Waals surface area contributed by atoms with E-state index in [4.69, 9.17) is 18.6 Å². The van der Waals surface area contributed by atoms with Crippen molar-refractivity contribution in [3.63, 3.8) is 0 Å². The number of thiazole rings is 1. The molecule has 43 heavy (non-hydrogen) atoms. The van der Waals surface area contributed by atoms with E-state index in [-0.39, 0.29) is 33.8 Å². The zero-order valence-electron chi connectivity index (χ0n) is 23.7. The highest BCUT2D eigenvalue weighted by molar-refractivity contribution is 7.07. The van der Waals surface area contributed by atoms with Crippen molar-refractivity contribution in [2.45, 2.75) is 33.0 Å². The molecule has 0 fully saturated rings. The molecule has 0 saturated carbocycles. The number of rotatable bonds is 8. The van der Waals surface area contributed by atoms with E-state index in [1.165, 1.54) is 36.0 Å². The lowest BCUT2D eigenvalue weighted by atomic mass is 9.95. The molecule has 12 heteroatoms. The normalized spacial score (nSPS) is 15.2. The summed E-state index contributed by atoms with van der Waals surface area (Å²) >= 11 is 1.10. The van der Waals surface area contributed by atoms with Gasteiger partial charge in [0.15, 0.2) is 16.3 Å². The molecule has 3 heterocycles. The smallest absolute Gasteiger partial charge is 0.416 e. The predicted octanol–water partition coefficient (Wildman–Crippen LogP) is 5.48. The standard InChI is InChI=1S/C31H27F3N2O6S/c1-5-40-24-15-19(10-12-23(24)39-4)27-26(29(38)41-6-2)17(3)35-30-36(27)28(37)25(43-30)16-21-11-13-22(42-21)18-8-7-9-20(14-18)31(32,33)34/h7-16,27H,5-6H2,1-4H3/b25-16-. The largest absolute Gasteiger partial charge is 0.493 e. The van der Waals surface area contributed by atoms with E-state index in [1.807, 2.05) is 6.92 Å². The first-order chi connectivity index (χ1) is 20.5. The highest BCUT2D eigenvalue weighted by Crippen LogP contribution is 2.36. The van der Waals surface area contributed by atoms with Crippen LogP contribution in [0.1, 0.15) is 43.7 Å². The maximum absolute atomic E-state index is 13.9. The molecule has 0 bridgehead atoms. The molecule has 5 rings (SSSR count). The summed E-state index contributed by atoms with van der Waals surface area (Å²) in [7, 11) is 1.52. The molecule has 2 aromatic carbocycles. The molecule has 0 radical (unpaired) electrons. The van der Waals surface area contributed by atoms with Gasteiger partial charge < -0.3 is 18.6 Å². The fourth-order valence-corrected chi connectivity index (χ4v) is 5.83. The number of alkyl halides is 3. The third-order valence-electron chi connectivity index (χ3n) is 6.69. The van der Waals surface area contributed by atoms with Crippen LogP contribution in [0, 0.1) is 0 Å². The Morgan fingerprint density at radius 2 is 1.88 bits per heavy atom. The highest BCUT2D eigenvalue weighted by atomic mass is 32.1. The summed E-state index contributed by atoms with van der Waals surface area (Å²) in [4.78, 5) is 32.0. The fraction of sp³-hybridized carbons (Fsp3) is 0.258. The van der Waals surface area contributed by atoms with Gasteiger partial charge >= 0.3 is 12.1 Å². The zero-order valence-corrected chi connectivity index (χ0v) is 24.5. The minimum atomic E-state index is -4.50. The number of furan rings is 1. The van der Waals surface area contributed by atoms with Crippen LogP contribution < -0.4 is 24.4 Å². The Morgan fingerprint density at radius 3 is 2.58 bits per heavy atom. The van der Waals surface area contributed by atoms with Crippen molar-refractivity contribution < 1.29 is 36.6 Å². The van der Waals surface area contributed by atoms with Crippen LogP contribution in [0.5, 0.6) is 11.5 Å². The third-order valence-corrected chi connectivity index (χ3v) is 7.68. The van der Waals surface area contributed by atoms with Gasteiger partial charge in [-0.1, -0.05) is 29.5 Å². The second kappa shape index (κ2) is 12.0. The van der Waals surface area contributed by atoms with Gasteiger partial charge in [0.1, 0.15) is 11.5 Å². The van der Waals surface area contributed by atoms with Gasteiger partial charge in [-0.15, -0.1) is 0 Å². The maximum Gasteiger partial charge on any atom is 0.416 e. The highest BCUT2D eigenvalue weighted by Gasteiger charge is 2.34. The lowest BCUT2D eigenvalue weighted by Crippen LogP contribution is -2.39. The summed E-state index contributed by atoms with van der Waals surface area (Å²) in [5.41, 5.74) is 0.200. The van der Waals surface area contributed by atoms with Gasteiger partial charge in [0, 0.05) is 11.6 Å². The van der Waals surface area contributed by atoms with Crippen LogP contribution in [0.15, 0.2) is 80.1 Å². The first-order valence-electron chi connectivity index (χ1n) is 13.3. The maximum atomic E-state index is 13.9. The van der Waals surface area contributed by atoms with Crippen molar-refractivity contribution in [2.24, 2.45) is 4.99 Å². The van der Waals surface area contributed by atoms with E-state index in [9.17, 15) is 22.8 Å². The lowest BCUT2D eigenvalue weighted by molar-refractivity contribution is -0.139. The summed E-state index contributed by atoms with van der Waals surface area (Å²) in [5, 5.41) is 0. The molecule has 0 saturated heterocycles. The Balaban J connectivity index is 1.63. The second-order valence-electron chi connectivity index (χ2n) is 9.43. The van der Waals surface area contributed by atoms with Crippen molar-refractivity contribution in [3.05, 3.63) is 102 Å². The summed E-state index contributed by atoms with van der Waals surface area (Å²) < 4.78 is 63.6. The van der Waals surface area contributed by atoms with Gasteiger partial charge in [-0.3, -0.25) is 9.36 Å². The Hall–Kier alpha value is -4.58. The van der Waals surface area contributed by atoms with E-state index in [2.05, 4.69) is 4.99 Å². The van der Waals surface area contributed by atoms with Crippen LogP contribution in [0.4, 0.5) is 13.2 Å². The van der Waals surface area contributed by atoms with E-state index in [1.54, 1.807) is 38.1 Å². The molecule has 224 valence electrons. The Kier molecular flexibility index (Phi) is 8.32. The van der Waals surface area contributed by atoms with Crippen LogP contribution in [0.25, 0.3) is 17.4 Å². The monoisotopic (exact) mass is 612 g/mol. The number of esters is 1. The molecule has 0 amide bonds. The SMILES string of the molecule is CCOC(=O)C1=C(C)N=c2s/c(=C\c3ccc(-c4cccc(C(F)(F)F)c4)o3)c(=O)n2C1c1ccc(OC)c(OCC)c1. The number of fused-ring (bicyclic) bond motifs is 1. The predicted molar refractivity (Wildman–Crippen MR) is 154 cm³/mol. The number of halogens is 3. The number of carbonyl (C=O) groups is 1. The molecular formula is C31H27F3N2O6S. The minimum absolute atomic E-state index is 0.131. The van der Waals surface area contributed by atoms with Gasteiger partial charge in [-0.05, 0) is 62.7 Å². The summed E-state index contributed by atoms with van der Waals surface area (Å²) in [6.45, 7) is 5.70. The molecule has 1 unspecified atom stereocenters. The second-order valence-corrected chi connectivity index (χ2v) is 10.4. The summed E-state index contributed by atoms with van der Waals surface area (Å²) in [6.07, 6.45) is -2.99. The van der Waals surface area contributed by atoms with Crippen molar-refractivity contribution in [1.29, 1.82) is 0 Å². The molecule has 1 atom stereocenters. The molecule has 8 nitrogen and oxygen atoms in total. The lowest BCUT2D eigenvalue weighted by Gasteiger charge is -2.25. The topological polar surface area (TPSA) is 92.3 Å². The van der Waals surface area contributed by atoms with Gasteiger partial charge in [-0.25, -0.2) is 9.79 Å². The first-order valence-corrected chi connectivity index (χ1v) is 14.1. The van der Waals surface area contributed by atoms with Gasteiger partial charge in [0.2, 0.25) is 0 Å². The van der Waals surface area contributed by atoms with Crippen molar-refractivity contribution in [1.82, 2.24) is 4.57 Å². The van der Waals surface area contributed by atoms with E-state index < -0.39 is 29.3 Å². The van der Waals surface area contributed by atoms with Crippen LogP contribution in [0.3, 0.4) is 0 Å². The first kappa shape index (κ1) is 29.9. The quantitative estimate of drug-likeness (QED) is 0.245. The molecule has 2 aromatic heterocycles. The fourth-order valence-electron chi connectivity index (χ4n) is 4.80. The molecule has 0 N–H and O–H groups in total. The van der Waals surface area contributed by atoms with Crippen LogP contribution in [0.2, 0.25) is 0 Å². The Bertz CT molecular complexity index is 1900. The van der Waals surface area contributed by atoms with Gasteiger partial charge in [0.05, 0.1) is 47.7 Å². The molecule has 0 spiro atoms. The number of methoxy groups -OCH3 is 1. The molecule has 1 aliphatic rings. The average molecular weight is 613 g/mol. The number of aromatic nitrogens is 1. The van der Waals surface area contributed by atoms with Crippen LogP contribution >= 0.6 is 11.3 Å². The van der Waals surface area contributed by atoms with Gasteiger partial charge in [0.25, 0.3) is 5.56 Å². The molecule has 1 aliphatic heterocycles. The summed E-state index contributed by atoms with van der Waals surface area (Å²) in [5.74, 6) is 0.809. The third kappa shape index (κ3) is 5.87. The zero-order chi connectivity index (χ0) is 30.9. The molecule has 0 aliphatic carbocycles. The molecular weight excluding hydrogens is 585 g/mol. The van der Waals surface area contributed by atoms with E-state index in [0.717, 1.165) is 23.5 Å². The number of nitrogens with zero attached hydrogens (tertiary/aromatic N) is 2. The van der Waals surface area contributed by atoms with Gasteiger partial charge in [-0.2, -0.15) is 13.2 Å². The number of carbonyl (C=O) groups excluding carboxylic acids is 1. The summed E-state index contributed by atoms with van der Waals surface area (Å²) in [6, 6.07) is 12.2. The number of ether oxygens (including phenoxy) is 3. The van der Waals surface area contributed by atoms with E-state index in [0.29, 0.717) is 34.2 Å². The van der Waals surface area contributed by atoms with Crippen LogP contribution in [-0.2, 0) is 15.7 Å². The molecule has 4 aromatic rings. The minimum Gasteiger partial charge on any atom is -0.493 e. The van der Waals surface area contributed by atoms with E-state index >= 15 is 0 Å². The van der Waals surface area contributed by atoms with Crippen molar-refractivity contribution >= 4 is 23.4 Å². The average Bonchev–Trinajstić information content (AvgIpc) is 3.56. The number of benzene rings is 2. The Labute approximate surface area is 248 Å².